The molecule has 0 spiro atoms. The summed E-state index contributed by atoms with van der Waals surface area (Å²) in [6.07, 6.45) is 3.42. The number of nitriles is 1. The first-order chi connectivity index (χ1) is 12.5. The van der Waals surface area contributed by atoms with E-state index in [9.17, 15) is 14.9 Å². The van der Waals surface area contributed by atoms with Crippen molar-refractivity contribution in [3.63, 3.8) is 0 Å². The highest BCUT2D eigenvalue weighted by atomic mass is 32.1. The monoisotopic (exact) mass is 370 g/mol. The minimum atomic E-state index is -0.987. The average molecular weight is 370 g/mol. The largest absolute Gasteiger partial charge is 0.457 e. The number of carbonyl (C=O) groups is 2. The molecule has 0 bridgehead atoms. The highest BCUT2D eigenvalue weighted by Crippen LogP contribution is 2.20. The van der Waals surface area contributed by atoms with Crippen molar-refractivity contribution >= 4 is 23.1 Å². The third-order valence-electron chi connectivity index (χ3n) is 3.90. The van der Waals surface area contributed by atoms with E-state index in [1.807, 2.05) is 30.3 Å². The van der Waals surface area contributed by atoms with Crippen LogP contribution in [0.5, 0.6) is 0 Å². The number of nitrogens with zero attached hydrogens (tertiary/aromatic N) is 2. The molecule has 1 heterocycles. The molecule has 1 aromatic heterocycles. The number of ketones is 1. The highest BCUT2D eigenvalue weighted by molar-refractivity contribution is 7.09. The molecule has 0 saturated carbocycles. The van der Waals surface area contributed by atoms with E-state index < -0.39 is 24.3 Å². The summed E-state index contributed by atoms with van der Waals surface area (Å²) in [6, 6.07) is 9.78. The lowest BCUT2D eigenvalue weighted by Crippen LogP contribution is -2.20. The van der Waals surface area contributed by atoms with Crippen LogP contribution in [0.1, 0.15) is 47.5 Å². The second kappa shape index (κ2) is 9.83. The van der Waals surface area contributed by atoms with E-state index in [0.717, 1.165) is 30.5 Å². The molecular formula is C20H22N2O3S. The van der Waals surface area contributed by atoms with Crippen LogP contribution in [0.15, 0.2) is 29.6 Å². The molecule has 6 heteroatoms. The van der Waals surface area contributed by atoms with E-state index >= 15 is 0 Å². The molecule has 0 saturated heterocycles. The summed E-state index contributed by atoms with van der Waals surface area (Å²) >= 11 is 1.26. The van der Waals surface area contributed by atoms with Crippen LogP contribution >= 0.6 is 11.3 Å². The summed E-state index contributed by atoms with van der Waals surface area (Å²) in [5, 5.41) is 11.4. The Bertz CT molecular complexity index is 790. The van der Waals surface area contributed by atoms with Gasteiger partial charge in [0.15, 0.2) is 18.3 Å². The highest BCUT2D eigenvalue weighted by Gasteiger charge is 2.24. The maximum atomic E-state index is 12.2. The lowest BCUT2D eigenvalue weighted by molar-refractivity contribution is -0.147. The number of benzene rings is 1. The maximum Gasteiger partial charge on any atom is 0.310 e. The van der Waals surface area contributed by atoms with Gasteiger partial charge < -0.3 is 4.74 Å². The smallest absolute Gasteiger partial charge is 0.310 e. The molecule has 136 valence electrons. The number of aromatic nitrogens is 1. The van der Waals surface area contributed by atoms with E-state index in [2.05, 4.69) is 11.9 Å². The number of aryl methyl sites for hydroxylation is 2. The van der Waals surface area contributed by atoms with Crippen molar-refractivity contribution in [3.8, 4) is 6.07 Å². The molecule has 0 N–H and O–H groups in total. The Morgan fingerprint density at radius 3 is 2.54 bits per heavy atom. The van der Waals surface area contributed by atoms with Crippen LogP contribution in [0.3, 0.4) is 0 Å². The van der Waals surface area contributed by atoms with Gasteiger partial charge >= 0.3 is 5.97 Å². The minimum absolute atomic E-state index is 0.106. The van der Waals surface area contributed by atoms with Crippen LogP contribution in [-0.4, -0.2) is 23.3 Å². The molecular weight excluding hydrogens is 348 g/mol. The quantitative estimate of drug-likeness (QED) is 0.628. The van der Waals surface area contributed by atoms with Crippen LogP contribution in [0.25, 0.3) is 0 Å². The molecule has 26 heavy (non-hydrogen) atoms. The molecule has 5 nitrogen and oxygen atoms in total. The van der Waals surface area contributed by atoms with Gasteiger partial charge in [-0.25, -0.2) is 4.98 Å². The van der Waals surface area contributed by atoms with Gasteiger partial charge in [0, 0.05) is 11.1 Å². The molecule has 2 rings (SSSR count). The Morgan fingerprint density at radius 1 is 1.27 bits per heavy atom. The molecule has 0 fully saturated rings. The van der Waals surface area contributed by atoms with E-state index in [4.69, 9.17) is 4.74 Å². The van der Waals surface area contributed by atoms with Gasteiger partial charge in [0.05, 0.1) is 12.5 Å². The molecule has 0 aliphatic rings. The van der Waals surface area contributed by atoms with Crippen molar-refractivity contribution in [3.05, 3.63) is 51.5 Å². The zero-order chi connectivity index (χ0) is 18.9. The topological polar surface area (TPSA) is 80.0 Å². The first-order valence-electron chi connectivity index (χ1n) is 8.61. The standard InChI is InChI=1S/C20H22N2O3S/c1-3-4-5-15-6-8-16(9-7-15)10-19(24)25-12-18(23)17(11-21)20-22-14(2)13-26-20/h6-9,13,17H,3-5,10,12H2,1-2H3/t17-/m1/s1. The van der Waals surface area contributed by atoms with Gasteiger partial charge in [-0.05, 0) is 30.9 Å². The lowest BCUT2D eigenvalue weighted by atomic mass is 10.0. The SMILES string of the molecule is CCCCc1ccc(CC(=O)OCC(=O)[C@@H](C#N)c2nc(C)cs2)cc1. The fourth-order valence-electron chi connectivity index (χ4n) is 2.43. The van der Waals surface area contributed by atoms with Gasteiger partial charge in [-0.3, -0.25) is 9.59 Å². The summed E-state index contributed by atoms with van der Waals surface area (Å²) < 4.78 is 5.05. The minimum Gasteiger partial charge on any atom is -0.457 e. The van der Waals surface area contributed by atoms with Crippen molar-refractivity contribution in [2.45, 2.75) is 45.4 Å². The van der Waals surface area contributed by atoms with E-state index in [0.29, 0.717) is 5.01 Å². The number of rotatable bonds is 9. The number of hydrogen-bond acceptors (Lipinski definition) is 6. The summed E-state index contributed by atoms with van der Waals surface area (Å²) in [4.78, 5) is 28.3. The predicted octanol–water partition coefficient (Wildman–Crippen LogP) is 3.76. The van der Waals surface area contributed by atoms with Crippen molar-refractivity contribution in [1.29, 1.82) is 5.26 Å². The normalized spacial score (nSPS) is 11.6. The summed E-state index contributed by atoms with van der Waals surface area (Å²) in [5.41, 5.74) is 2.85. The second-order valence-electron chi connectivity index (χ2n) is 6.11. The molecule has 1 atom stereocenters. The Kier molecular flexibility index (Phi) is 7.49. The number of esters is 1. The number of carbonyl (C=O) groups excluding carboxylic acids is 2. The molecule has 0 amide bonds. The van der Waals surface area contributed by atoms with Crippen LogP contribution in [-0.2, 0) is 27.2 Å². The molecule has 0 radical (unpaired) electrons. The van der Waals surface area contributed by atoms with Gasteiger partial charge in [0.25, 0.3) is 0 Å². The summed E-state index contributed by atoms with van der Waals surface area (Å²) in [7, 11) is 0. The van der Waals surface area contributed by atoms with E-state index in [-0.39, 0.29) is 6.42 Å². The van der Waals surface area contributed by atoms with E-state index in [1.165, 1.54) is 16.9 Å². The fraction of sp³-hybridized carbons (Fsp3) is 0.400. The van der Waals surface area contributed by atoms with Crippen LogP contribution in [0.2, 0.25) is 0 Å². The molecule has 0 aliphatic carbocycles. The number of hydrogen-bond donors (Lipinski definition) is 0. The van der Waals surface area contributed by atoms with Crippen molar-refractivity contribution in [2.75, 3.05) is 6.61 Å². The number of thiazole rings is 1. The van der Waals surface area contributed by atoms with Crippen LogP contribution in [0.4, 0.5) is 0 Å². The van der Waals surface area contributed by atoms with E-state index in [1.54, 1.807) is 12.3 Å². The molecule has 2 aromatic rings. The van der Waals surface area contributed by atoms with Crippen LogP contribution < -0.4 is 0 Å². The Morgan fingerprint density at radius 2 is 1.96 bits per heavy atom. The zero-order valence-electron chi connectivity index (χ0n) is 15.0. The Labute approximate surface area is 157 Å². The van der Waals surface area contributed by atoms with Gasteiger partial charge in [0.1, 0.15) is 5.01 Å². The predicted molar refractivity (Wildman–Crippen MR) is 99.9 cm³/mol. The van der Waals surface area contributed by atoms with Gasteiger partial charge in [-0.1, -0.05) is 37.6 Å². The van der Waals surface area contributed by atoms with Crippen molar-refractivity contribution in [1.82, 2.24) is 4.98 Å². The second-order valence-corrected chi connectivity index (χ2v) is 7.00. The Balaban J connectivity index is 1.84. The maximum absolute atomic E-state index is 12.2. The number of ether oxygens (including phenoxy) is 1. The first-order valence-corrected chi connectivity index (χ1v) is 9.49. The Hall–Kier alpha value is -2.52. The first kappa shape index (κ1) is 19.8. The fourth-order valence-corrected chi connectivity index (χ4v) is 3.29. The third-order valence-corrected chi connectivity index (χ3v) is 4.93. The van der Waals surface area contributed by atoms with Crippen molar-refractivity contribution < 1.29 is 14.3 Å². The van der Waals surface area contributed by atoms with Gasteiger partial charge in [-0.2, -0.15) is 5.26 Å². The lowest BCUT2D eigenvalue weighted by Gasteiger charge is -2.07. The molecule has 0 unspecified atom stereocenters. The number of unbranched alkanes of at least 4 members (excludes halogenated alkanes) is 1. The zero-order valence-corrected chi connectivity index (χ0v) is 15.8. The number of Topliss-reactive ketones (excluding diaryl/α,β-unsaturated/α-hetero) is 1. The van der Waals surface area contributed by atoms with Gasteiger partial charge in [0.2, 0.25) is 0 Å². The van der Waals surface area contributed by atoms with Crippen LogP contribution in [0, 0.1) is 18.3 Å². The van der Waals surface area contributed by atoms with Crippen molar-refractivity contribution in [2.24, 2.45) is 0 Å². The summed E-state index contributed by atoms with van der Waals surface area (Å²) in [6.45, 7) is 3.54. The average Bonchev–Trinajstić information content (AvgIpc) is 3.06. The van der Waals surface area contributed by atoms with Gasteiger partial charge in [-0.15, -0.1) is 11.3 Å². The third kappa shape index (κ3) is 5.78. The molecule has 1 aromatic carbocycles. The summed E-state index contributed by atoms with van der Waals surface area (Å²) in [5.74, 6) is -1.92. The molecule has 0 aliphatic heterocycles.